The number of carbonyl (C=O) groups excluding carboxylic acids is 2. The van der Waals surface area contributed by atoms with Crippen molar-refractivity contribution in [3.63, 3.8) is 0 Å². The summed E-state index contributed by atoms with van der Waals surface area (Å²) in [5.41, 5.74) is 0.912. The van der Waals surface area contributed by atoms with E-state index < -0.39 is 29.4 Å². The maximum absolute atomic E-state index is 14.1. The quantitative estimate of drug-likeness (QED) is 0.444. The third-order valence-electron chi connectivity index (χ3n) is 7.14. The van der Waals surface area contributed by atoms with Crippen LogP contribution in [0.4, 0.5) is 10.5 Å². The minimum absolute atomic E-state index is 0.0726. The average molecular weight is 550 g/mol. The van der Waals surface area contributed by atoms with E-state index in [0.717, 1.165) is 10.5 Å². The fourth-order valence-electron chi connectivity index (χ4n) is 5.16. The number of halogens is 2. The van der Waals surface area contributed by atoms with E-state index >= 15 is 0 Å². The van der Waals surface area contributed by atoms with E-state index in [-0.39, 0.29) is 33.9 Å². The van der Waals surface area contributed by atoms with Gasteiger partial charge in [-0.25, -0.2) is 14.5 Å². The van der Waals surface area contributed by atoms with Crippen LogP contribution in [0.15, 0.2) is 60.8 Å². The Kier molecular flexibility index (Phi) is 6.57. The number of nitrogens with one attached hydrogen (secondary N) is 1. The molecule has 38 heavy (non-hydrogen) atoms. The Labute approximate surface area is 228 Å². The van der Waals surface area contributed by atoms with Gasteiger partial charge in [-0.2, -0.15) is 5.26 Å². The molecular formula is C27H21Cl2N5O4. The lowest BCUT2D eigenvalue weighted by atomic mass is 9.81. The van der Waals surface area contributed by atoms with E-state index in [9.17, 15) is 24.8 Å². The predicted molar refractivity (Wildman–Crippen MR) is 140 cm³/mol. The van der Waals surface area contributed by atoms with Gasteiger partial charge in [0.25, 0.3) is 5.91 Å². The number of hydrogen-bond acceptors (Lipinski definition) is 6. The molecule has 1 unspecified atom stereocenters. The molecule has 2 aromatic carbocycles. The second kappa shape index (κ2) is 9.72. The van der Waals surface area contributed by atoms with E-state index in [1.165, 1.54) is 30.5 Å². The van der Waals surface area contributed by atoms with Crippen molar-refractivity contribution >= 4 is 46.8 Å². The first kappa shape index (κ1) is 25.7. The fraction of sp³-hybridized carbons (Fsp3) is 0.222. The van der Waals surface area contributed by atoms with Crippen LogP contribution in [-0.2, 0) is 4.79 Å². The highest BCUT2D eigenvalue weighted by atomic mass is 35.5. The molecule has 0 bridgehead atoms. The molecule has 2 saturated heterocycles. The molecule has 3 aromatic rings. The number of urea groups is 1. The van der Waals surface area contributed by atoms with Crippen molar-refractivity contribution in [2.24, 2.45) is 0 Å². The molecule has 0 saturated carbocycles. The zero-order valence-corrected chi connectivity index (χ0v) is 21.6. The van der Waals surface area contributed by atoms with Crippen molar-refractivity contribution in [1.82, 2.24) is 15.2 Å². The molecule has 1 spiro atoms. The van der Waals surface area contributed by atoms with Crippen LogP contribution >= 0.6 is 23.2 Å². The van der Waals surface area contributed by atoms with Crippen molar-refractivity contribution in [3.05, 3.63) is 93.2 Å². The molecule has 5 rings (SSSR count). The van der Waals surface area contributed by atoms with Crippen molar-refractivity contribution in [2.45, 2.75) is 24.4 Å². The SMILES string of the molecule is CC(c1ccc(C(=O)O)cn1)N1C[C@@H](c2ccc(C#N)cc2)[C@@]2(C1)NC(=O)N(c1cc(Cl)cc(Cl)c1)C2=O. The Morgan fingerprint density at radius 2 is 1.84 bits per heavy atom. The van der Waals surface area contributed by atoms with E-state index in [0.29, 0.717) is 17.8 Å². The monoisotopic (exact) mass is 549 g/mol. The molecule has 0 radical (unpaired) electrons. The number of aromatic nitrogens is 1. The van der Waals surface area contributed by atoms with Crippen molar-refractivity contribution in [3.8, 4) is 6.07 Å². The third kappa shape index (κ3) is 4.37. The van der Waals surface area contributed by atoms with Crippen LogP contribution in [-0.4, -0.2) is 51.5 Å². The maximum Gasteiger partial charge on any atom is 0.337 e. The number of carbonyl (C=O) groups is 3. The first-order valence-corrected chi connectivity index (χ1v) is 12.4. The van der Waals surface area contributed by atoms with Gasteiger partial charge in [-0.1, -0.05) is 35.3 Å². The first-order valence-electron chi connectivity index (χ1n) is 11.7. The van der Waals surface area contributed by atoms with Crippen molar-refractivity contribution in [2.75, 3.05) is 18.0 Å². The topological polar surface area (TPSA) is 127 Å². The molecule has 3 amide bonds. The number of carboxylic acids is 1. The predicted octanol–water partition coefficient (Wildman–Crippen LogP) is 4.61. The van der Waals surface area contributed by atoms with Crippen molar-refractivity contribution in [1.29, 1.82) is 5.26 Å². The molecule has 2 aliphatic heterocycles. The number of benzene rings is 2. The highest BCUT2D eigenvalue weighted by Gasteiger charge is 2.61. The lowest BCUT2D eigenvalue weighted by Crippen LogP contribution is -2.53. The molecular weight excluding hydrogens is 529 g/mol. The molecule has 0 aliphatic carbocycles. The highest BCUT2D eigenvalue weighted by Crippen LogP contribution is 2.44. The Balaban J connectivity index is 1.54. The van der Waals surface area contributed by atoms with Crippen LogP contribution in [0, 0.1) is 11.3 Å². The van der Waals surface area contributed by atoms with Gasteiger partial charge in [0.1, 0.15) is 5.54 Å². The summed E-state index contributed by atoms with van der Waals surface area (Å²) in [4.78, 5) is 46.0. The molecule has 2 N–H and O–H groups in total. The fourth-order valence-corrected chi connectivity index (χ4v) is 5.68. The number of likely N-dealkylation sites (tertiary alicyclic amines) is 1. The summed E-state index contributed by atoms with van der Waals surface area (Å²) in [5, 5.41) is 22.0. The summed E-state index contributed by atoms with van der Waals surface area (Å²) in [6.45, 7) is 2.48. The van der Waals surface area contributed by atoms with Crippen molar-refractivity contribution < 1.29 is 19.5 Å². The number of nitriles is 1. The van der Waals surface area contributed by atoms with Crippen LogP contribution in [0.5, 0.6) is 0 Å². The largest absolute Gasteiger partial charge is 0.478 e. The van der Waals surface area contributed by atoms with Gasteiger partial charge in [-0.05, 0) is 55.0 Å². The molecule has 2 aliphatic rings. The van der Waals surface area contributed by atoms with Crippen LogP contribution in [0.25, 0.3) is 0 Å². The van der Waals surface area contributed by atoms with Gasteiger partial charge in [-0.3, -0.25) is 14.7 Å². The normalized spacial score (nSPS) is 21.9. The molecule has 1 aromatic heterocycles. The Morgan fingerprint density at radius 1 is 1.16 bits per heavy atom. The summed E-state index contributed by atoms with van der Waals surface area (Å²) in [6, 6.07) is 15.8. The number of imide groups is 1. The van der Waals surface area contributed by atoms with Gasteiger partial charge in [0.05, 0.1) is 28.6 Å². The number of aromatic carboxylic acids is 1. The number of hydrogen-bond donors (Lipinski definition) is 2. The van der Waals surface area contributed by atoms with E-state index in [4.69, 9.17) is 23.2 Å². The minimum Gasteiger partial charge on any atom is -0.478 e. The van der Waals surface area contributed by atoms with Crippen LogP contribution in [0.3, 0.4) is 0 Å². The second-order valence-electron chi connectivity index (χ2n) is 9.34. The lowest BCUT2D eigenvalue weighted by Gasteiger charge is -2.28. The number of rotatable bonds is 5. The Morgan fingerprint density at radius 3 is 2.42 bits per heavy atom. The van der Waals surface area contributed by atoms with Crippen LogP contribution < -0.4 is 10.2 Å². The van der Waals surface area contributed by atoms with Gasteiger partial charge < -0.3 is 10.4 Å². The summed E-state index contributed by atoms with van der Waals surface area (Å²) in [7, 11) is 0. The average Bonchev–Trinajstić information content (AvgIpc) is 3.39. The summed E-state index contributed by atoms with van der Waals surface area (Å²) < 4.78 is 0. The summed E-state index contributed by atoms with van der Waals surface area (Å²) in [6.07, 6.45) is 1.30. The van der Waals surface area contributed by atoms with Gasteiger partial charge in [0.15, 0.2) is 0 Å². The molecule has 9 nitrogen and oxygen atoms in total. The molecule has 11 heteroatoms. The van der Waals surface area contributed by atoms with E-state index in [2.05, 4.69) is 16.4 Å². The number of pyridine rings is 1. The van der Waals surface area contributed by atoms with Gasteiger partial charge in [-0.15, -0.1) is 0 Å². The lowest BCUT2D eigenvalue weighted by molar-refractivity contribution is -0.122. The number of amides is 3. The third-order valence-corrected chi connectivity index (χ3v) is 7.58. The first-order chi connectivity index (χ1) is 18.1. The maximum atomic E-state index is 14.1. The smallest absolute Gasteiger partial charge is 0.337 e. The summed E-state index contributed by atoms with van der Waals surface area (Å²) >= 11 is 12.3. The van der Waals surface area contributed by atoms with Gasteiger partial charge >= 0.3 is 12.0 Å². The van der Waals surface area contributed by atoms with Crippen LogP contribution in [0.2, 0.25) is 10.0 Å². The summed E-state index contributed by atoms with van der Waals surface area (Å²) in [5.74, 6) is -1.97. The number of anilines is 1. The van der Waals surface area contributed by atoms with E-state index in [1.807, 2.05) is 11.8 Å². The molecule has 3 atom stereocenters. The Hall–Kier alpha value is -3.97. The van der Waals surface area contributed by atoms with Crippen LogP contribution in [0.1, 0.15) is 46.1 Å². The highest BCUT2D eigenvalue weighted by molar-refractivity contribution is 6.35. The van der Waals surface area contributed by atoms with Gasteiger partial charge in [0, 0.05) is 41.3 Å². The molecule has 3 heterocycles. The minimum atomic E-state index is -1.31. The number of carboxylic acid groups (broad SMARTS) is 1. The zero-order chi connectivity index (χ0) is 27.2. The second-order valence-corrected chi connectivity index (χ2v) is 10.2. The standard InChI is InChI=1S/C27H21Cl2N5O4/c1-15(23-7-6-18(12-31-23)24(35)36)33-13-22(17-4-2-16(11-30)3-5-17)27(14-33)25(37)34(26(38)32-27)21-9-19(28)8-20(29)10-21/h2-10,12,15,22H,13-14H2,1H3,(H,32,38)(H,35,36)/t15?,22-,27+/m0/s1. The Bertz CT molecular complexity index is 1470. The zero-order valence-electron chi connectivity index (χ0n) is 20.1. The molecule has 192 valence electrons. The van der Waals surface area contributed by atoms with Gasteiger partial charge in [0.2, 0.25) is 0 Å². The van der Waals surface area contributed by atoms with E-state index in [1.54, 1.807) is 30.3 Å². The molecule has 2 fully saturated rings. The number of nitrogens with zero attached hydrogens (tertiary/aromatic N) is 4.